The summed E-state index contributed by atoms with van der Waals surface area (Å²) >= 11 is 0. The van der Waals surface area contributed by atoms with Crippen molar-refractivity contribution in [1.82, 2.24) is 19.8 Å². The summed E-state index contributed by atoms with van der Waals surface area (Å²) in [6.45, 7) is 1.14. The summed E-state index contributed by atoms with van der Waals surface area (Å²) in [5.74, 6) is -0.499. The van der Waals surface area contributed by atoms with Gasteiger partial charge in [0.05, 0.1) is 12.8 Å². The van der Waals surface area contributed by atoms with E-state index in [1.54, 1.807) is 46.7 Å². The highest BCUT2D eigenvalue weighted by atomic mass is 16.2. The molecule has 0 radical (unpaired) electrons. The Hall–Kier alpha value is -5.64. The van der Waals surface area contributed by atoms with E-state index < -0.39 is 12.1 Å². The highest BCUT2D eigenvalue weighted by Crippen LogP contribution is 2.23. The summed E-state index contributed by atoms with van der Waals surface area (Å²) in [5, 5.41) is 5.93. The number of anilines is 2. The lowest BCUT2D eigenvalue weighted by atomic mass is 10.1. The fraction of sp³-hybridized carbons (Fsp3) is 0.263. The van der Waals surface area contributed by atoms with Gasteiger partial charge in [-0.25, -0.2) is 0 Å². The predicted octanol–water partition coefficient (Wildman–Crippen LogP) is 4.99. The first-order valence-corrected chi connectivity index (χ1v) is 16.3. The van der Waals surface area contributed by atoms with Gasteiger partial charge >= 0.3 is 0 Å². The van der Waals surface area contributed by atoms with Crippen molar-refractivity contribution < 1.29 is 19.2 Å². The Kier molecular flexibility index (Phi) is 10.3. The van der Waals surface area contributed by atoms with E-state index in [0.717, 1.165) is 35.1 Å². The fourth-order valence-electron chi connectivity index (χ4n) is 6.23. The number of pyridine rings is 2. The van der Waals surface area contributed by atoms with Crippen molar-refractivity contribution in [3.63, 3.8) is 0 Å². The van der Waals surface area contributed by atoms with Gasteiger partial charge in [-0.2, -0.15) is 0 Å². The Balaban J connectivity index is 0.985. The maximum Gasteiger partial charge on any atom is 0.247 e. The van der Waals surface area contributed by atoms with Crippen molar-refractivity contribution in [2.45, 2.75) is 50.6 Å². The lowest BCUT2D eigenvalue weighted by molar-refractivity contribution is -0.136. The van der Waals surface area contributed by atoms with Crippen molar-refractivity contribution in [1.29, 1.82) is 0 Å². The minimum absolute atomic E-state index is 0.0684. The average molecular weight is 643 g/mol. The average Bonchev–Trinajstić information content (AvgIpc) is 3.81. The second-order valence-electron chi connectivity index (χ2n) is 12.1. The van der Waals surface area contributed by atoms with Gasteiger partial charge in [0.15, 0.2) is 0 Å². The van der Waals surface area contributed by atoms with Crippen LogP contribution in [-0.2, 0) is 32.0 Å². The molecule has 0 unspecified atom stereocenters. The number of aromatic nitrogens is 2. The van der Waals surface area contributed by atoms with Crippen molar-refractivity contribution >= 4 is 47.2 Å². The number of hydrogen-bond donors (Lipinski definition) is 2. The van der Waals surface area contributed by atoms with Crippen LogP contribution in [0.2, 0.25) is 0 Å². The van der Waals surface area contributed by atoms with Crippen LogP contribution in [0.4, 0.5) is 11.4 Å². The number of benzene rings is 2. The Morgan fingerprint density at radius 2 is 1.04 bits per heavy atom. The van der Waals surface area contributed by atoms with E-state index in [4.69, 9.17) is 0 Å². The Labute approximate surface area is 279 Å². The number of likely N-dealkylation sites (tertiary alicyclic amines) is 2. The standard InChI is InChI=1S/C38H38N6O4/c45-35(23-29-5-1-19-39-25-29)43-21-3-7-33(43)37(47)41-31-15-11-27(12-16-31)9-10-28-13-17-32(18-14-28)42-38(48)34-8-4-22-44(34)36(46)24-30-6-2-20-40-26-30/h1-2,5-6,9-20,25-26,33-34H,3-4,7-8,21-24H2,(H,41,47)(H,42,48)/b10-9+/t33-,34-/m0/s1. The molecule has 0 aliphatic carbocycles. The topological polar surface area (TPSA) is 125 Å². The van der Waals surface area contributed by atoms with Crippen LogP contribution in [-0.4, -0.2) is 68.6 Å². The molecule has 2 saturated heterocycles. The first kappa shape index (κ1) is 32.3. The van der Waals surface area contributed by atoms with Crippen LogP contribution in [0.25, 0.3) is 12.2 Å². The van der Waals surface area contributed by atoms with Gasteiger partial charge < -0.3 is 20.4 Å². The SMILES string of the molecule is O=C(Nc1ccc(/C=C/c2ccc(NC(=O)[C@@H]3CCCN3C(=O)Cc3cccnc3)cc2)cc1)[C@@H]1CCCN1C(=O)Cc1cccnc1. The van der Waals surface area contributed by atoms with Gasteiger partial charge in [0.2, 0.25) is 23.6 Å². The molecule has 0 spiro atoms. The van der Waals surface area contributed by atoms with Crippen molar-refractivity contribution in [3.05, 3.63) is 120 Å². The maximum atomic E-state index is 13.1. The van der Waals surface area contributed by atoms with Crippen molar-refractivity contribution in [2.24, 2.45) is 0 Å². The molecule has 2 aromatic heterocycles. The Morgan fingerprint density at radius 1 is 0.625 bits per heavy atom. The van der Waals surface area contributed by atoms with E-state index in [0.29, 0.717) is 37.3 Å². The van der Waals surface area contributed by atoms with Gasteiger partial charge in [-0.1, -0.05) is 48.6 Å². The van der Waals surface area contributed by atoms with Crippen LogP contribution in [0.1, 0.15) is 47.9 Å². The third-order valence-corrected chi connectivity index (χ3v) is 8.73. The van der Waals surface area contributed by atoms with Gasteiger partial charge in [-0.3, -0.25) is 29.1 Å². The number of nitrogens with one attached hydrogen (secondary N) is 2. The third kappa shape index (κ3) is 8.19. The molecule has 2 N–H and O–H groups in total. The molecule has 0 bridgehead atoms. The van der Waals surface area contributed by atoms with Gasteiger partial charge in [-0.05, 0) is 84.3 Å². The van der Waals surface area contributed by atoms with Crippen molar-refractivity contribution in [2.75, 3.05) is 23.7 Å². The summed E-state index contributed by atoms with van der Waals surface area (Å²) in [6, 6.07) is 21.4. The molecule has 2 aliphatic rings. The lowest BCUT2D eigenvalue weighted by Gasteiger charge is -2.24. The zero-order valence-corrected chi connectivity index (χ0v) is 26.6. The number of amides is 4. The summed E-state index contributed by atoms with van der Waals surface area (Å²) in [7, 11) is 0. The molecule has 6 rings (SSSR count). The van der Waals surface area contributed by atoms with Gasteiger partial charge in [0.25, 0.3) is 0 Å². The Morgan fingerprint density at radius 3 is 1.42 bits per heavy atom. The molecular weight excluding hydrogens is 604 g/mol. The first-order valence-electron chi connectivity index (χ1n) is 16.3. The molecule has 2 aromatic carbocycles. The summed E-state index contributed by atoms with van der Waals surface area (Å²) < 4.78 is 0. The van der Waals surface area contributed by atoms with Crippen LogP contribution in [0, 0.1) is 0 Å². The minimum Gasteiger partial charge on any atom is -0.330 e. The quantitative estimate of drug-likeness (QED) is 0.235. The van der Waals surface area contributed by atoms with Gasteiger partial charge in [0, 0.05) is 49.3 Å². The second kappa shape index (κ2) is 15.3. The van der Waals surface area contributed by atoms with E-state index in [1.165, 1.54) is 0 Å². The molecule has 4 heterocycles. The number of nitrogens with zero attached hydrogens (tertiary/aromatic N) is 4. The van der Waals surface area contributed by atoms with E-state index in [2.05, 4.69) is 20.6 Å². The van der Waals surface area contributed by atoms with E-state index in [-0.39, 0.29) is 36.5 Å². The summed E-state index contributed by atoms with van der Waals surface area (Å²) in [6.07, 6.45) is 14.0. The molecule has 244 valence electrons. The van der Waals surface area contributed by atoms with Gasteiger partial charge in [-0.15, -0.1) is 0 Å². The molecule has 4 aromatic rings. The van der Waals surface area contributed by atoms with Crippen LogP contribution in [0.3, 0.4) is 0 Å². The normalized spacial score (nSPS) is 17.4. The molecule has 10 heteroatoms. The summed E-state index contributed by atoms with van der Waals surface area (Å²) in [4.78, 5) is 63.5. The zero-order chi connectivity index (χ0) is 33.3. The predicted molar refractivity (Wildman–Crippen MR) is 184 cm³/mol. The molecule has 4 amide bonds. The van der Waals surface area contributed by atoms with E-state index in [9.17, 15) is 19.2 Å². The number of carbonyl (C=O) groups excluding carboxylic acids is 4. The lowest BCUT2D eigenvalue weighted by Crippen LogP contribution is -2.43. The molecule has 2 atom stereocenters. The molecule has 10 nitrogen and oxygen atoms in total. The van der Waals surface area contributed by atoms with E-state index >= 15 is 0 Å². The monoisotopic (exact) mass is 642 g/mol. The number of rotatable bonds is 10. The molecule has 2 aliphatic heterocycles. The zero-order valence-electron chi connectivity index (χ0n) is 26.6. The van der Waals surface area contributed by atoms with E-state index in [1.807, 2.05) is 72.8 Å². The maximum absolute atomic E-state index is 13.1. The highest BCUT2D eigenvalue weighted by Gasteiger charge is 2.35. The second-order valence-corrected chi connectivity index (χ2v) is 12.1. The van der Waals surface area contributed by atoms with Crippen LogP contribution in [0.15, 0.2) is 97.6 Å². The number of carbonyl (C=O) groups is 4. The molecule has 48 heavy (non-hydrogen) atoms. The first-order chi connectivity index (χ1) is 23.4. The number of hydrogen-bond acceptors (Lipinski definition) is 6. The smallest absolute Gasteiger partial charge is 0.247 e. The van der Waals surface area contributed by atoms with Crippen LogP contribution >= 0.6 is 0 Å². The molecule has 0 saturated carbocycles. The van der Waals surface area contributed by atoms with Gasteiger partial charge in [0.1, 0.15) is 12.1 Å². The molecule has 2 fully saturated rings. The van der Waals surface area contributed by atoms with Crippen molar-refractivity contribution in [3.8, 4) is 0 Å². The molecular formula is C38H38N6O4. The fourth-order valence-corrected chi connectivity index (χ4v) is 6.23. The Bertz CT molecular complexity index is 1630. The summed E-state index contributed by atoms with van der Waals surface area (Å²) in [5.41, 5.74) is 4.91. The van der Waals surface area contributed by atoms with Crippen LogP contribution < -0.4 is 10.6 Å². The third-order valence-electron chi connectivity index (χ3n) is 8.73. The minimum atomic E-state index is -0.488. The largest absolute Gasteiger partial charge is 0.330 e. The van der Waals surface area contributed by atoms with Crippen LogP contribution in [0.5, 0.6) is 0 Å². The highest BCUT2D eigenvalue weighted by molar-refractivity contribution is 5.98.